The number of rotatable bonds is 3. The zero-order chi connectivity index (χ0) is 14.0. The van der Waals surface area contributed by atoms with Gasteiger partial charge >= 0.3 is 0 Å². The molecule has 0 unspecified atom stereocenters. The van der Waals surface area contributed by atoms with Gasteiger partial charge in [0.1, 0.15) is 12.4 Å². The van der Waals surface area contributed by atoms with Crippen LogP contribution in [0.1, 0.15) is 17.1 Å². The lowest BCUT2D eigenvalue weighted by Crippen LogP contribution is -2.21. The number of nitrogens with one attached hydrogen (secondary N) is 1. The van der Waals surface area contributed by atoms with Crippen LogP contribution in [0.5, 0.6) is 0 Å². The molecule has 0 saturated heterocycles. The second-order valence-electron chi connectivity index (χ2n) is 4.35. The maximum absolute atomic E-state index is 11.9. The van der Waals surface area contributed by atoms with Crippen molar-refractivity contribution in [1.82, 2.24) is 14.8 Å². The standard InChI is InChI=1S/C13H15ClN4O/c1-8-5-4-6-11(15-8)16-12(19)7-18-10(3)13(14)9(2)17-18/h4-6H,7H2,1-3H3,(H,15,16,19). The van der Waals surface area contributed by atoms with Crippen molar-refractivity contribution in [2.75, 3.05) is 5.32 Å². The van der Waals surface area contributed by atoms with Crippen molar-refractivity contribution < 1.29 is 4.79 Å². The second-order valence-corrected chi connectivity index (χ2v) is 4.73. The molecule has 100 valence electrons. The van der Waals surface area contributed by atoms with Crippen molar-refractivity contribution >= 4 is 23.3 Å². The molecule has 0 spiro atoms. The van der Waals surface area contributed by atoms with E-state index in [1.807, 2.05) is 32.9 Å². The Morgan fingerprint density at radius 1 is 1.37 bits per heavy atom. The molecule has 0 aliphatic rings. The Morgan fingerprint density at radius 3 is 2.68 bits per heavy atom. The second kappa shape index (κ2) is 5.40. The molecule has 0 radical (unpaired) electrons. The van der Waals surface area contributed by atoms with E-state index in [0.717, 1.165) is 17.1 Å². The van der Waals surface area contributed by atoms with Crippen LogP contribution in [0.3, 0.4) is 0 Å². The molecule has 2 rings (SSSR count). The van der Waals surface area contributed by atoms with E-state index in [1.54, 1.807) is 10.7 Å². The summed E-state index contributed by atoms with van der Waals surface area (Å²) < 4.78 is 1.59. The third-order valence-electron chi connectivity index (χ3n) is 2.74. The van der Waals surface area contributed by atoms with Crippen LogP contribution in [-0.4, -0.2) is 20.7 Å². The molecule has 0 aliphatic heterocycles. The largest absolute Gasteiger partial charge is 0.309 e. The van der Waals surface area contributed by atoms with Gasteiger partial charge in [-0.3, -0.25) is 9.48 Å². The Morgan fingerprint density at radius 2 is 2.11 bits per heavy atom. The molecule has 0 fully saturated rings. The fourth-order valence-corrected chi connectivity index (χ4v) is 1.90. The number of carbonyl (C=O) groups excluding carboxylic acids is 1. The summed E-state index contributed by atoms with van der Waals surface area (Å²) in [5.74, 6) is 0.359. The number of pyridine rings is 1. The van der Waals surface area contributed by atoms with E-state index in [0.29, 0.717) is 10.8 Å². The van der Waals surface area contributed by atoms with E-state index >= 15 is 0 Å². The highest BCUT2D eigenvalue weighted by atomic mass is 35.5. The number of aromatic nitrogens is 3. The summed E-state index contributed by atoms with van der Waals surface area (Å²) in [5.41, 5.74) is 2.36. The normalized spacial score (nSPS) is 10.5. The van der Waals surface area contributed by atoms with Crippen LogP contribution in [0.15, 0.2) is 18.2 Å². The highest BCUT2D eigenvalue weighted by Gasteiger charge is 2.12. The minimum atomic E-state index is -0.180. The first-order valence-corrected chi connectivity index (χ1v) is 6.28. The van der Waals surface area contributed by atoms with Gasteiger partial charge in [-0.2, -0.15) is 5.10 Å². The summed E-state index contributed by atoms with van der Waals surface area (Å²) in [6.45, 7) is 5.64. The van der Waals surface area contributed by atoms with Gasteiger partial charge in [-0.25, -0.2) is 4.98 Å². The van der Waals surface area contributed by atoms with Crippen LogP contribution in [0.25, 0.3) is 0 Å². The Kier molecular flexibility index (Phi) is 3.85. The molecular formula is C13H15ClN4O. The molecule has 0 bridgehead atoms. The third kappa shape index (κ3) is 3.12. The lowest BCUT2D eigenvalue weighted by Gasteiger charge is -2.06. The molecule has 0 atom stereocenters. The summed E-state index contributed by atoms with van der Waals surface area (Å²) in [4.78, 5) is 16.1. The van der Waals surface area contributed by atoms with Crippen LogP contribution in [-0.2, 0) is 11.3 Å². The molecule has 1 amide bonds. The molecule has 0 aliphatic carbocycles. The summed E-state index contributed by atoms with van der Waals surface area (Å²) >= 11 is 6.04. The smallest absolute Gasteiger partial charge is 0.247 e. The molecule has 1 N–H and O–H groups in total. The number of amides is 1. The summed E-state index contributed by atoms with van der Waals surface area (Å²) in [6, 6.07) is 5.47. The van der Waals surface area contributed by atoms with E-state index in [4.69, 9.17) is 11.6 Å². The average molecular weight is 279 g/mol. The zero-order valence-corrected chi connectivity index (χ0v) is 11.8. The number of carbonyl (C=O) groups is 1. The Hall–Kier alpha value is -1.88. The van der Waals surface area contributed by atoms with Crippen LogP contribution in [0.4, 0.5) is 5.82 Å². The number of anilines is 1. The number of halogens is 1. The van der Waals surface area contributed by atoms with E-state index in [9.17, 15) is 4.79 Å². The number of aryl methyl sites for hydroxylation is 2. The molecule has 6 heteroatoms. The van der Waals surface area contributed by atoms with Gasteiger partial charge in [-0.1, -0.05) is 17.7 Å². The monoisotopic (exact) mass is 278 g/mol. The molecule has 5 nitrogen and oxygen atoms in total. The SMILES string of the molecule is Cc1cccc(NC(=O)Cn2nc(C)c(Cl)c2C)n1. The van der Waals surface area contributed by atoms with Gasteiger partial charge in [0, 0.05) is 5.69 Å². The maximum atomic E-state index is 11.9. The van der Waals surface area contributed by atoms with Crippen LogP contribution in [0.2, 0.25) is 5.02 Å². The summed E-state index contributed by atoms with van der Waals surface area (Å²) in [6.07, 6.45) is 0. The van der Waals surface area contributed by atoms with Crippen molar-refractivity contribution in [3.63, 3.8) is 0 Å². The molecule has 19 heavy (non-hydrogen) atoms. The van der Waals surface area contributed by atoms with Crippen LogP contribution < -0.4 is 5.32 Å². The lowest BCUT2D eigenvalue weighted by atomic mass is 10.3. The molecule has 0 saturated carbocycles. The van der Waals surface area contributed by atoms with E-state index in [1.165, 1.54) is 0 Å². The zero-order valence-electron chi connectivity index (χ0n) is 11.1. The Balaban J connectivity index is 2.07. The quantitative estimate of drug-likeness (QED) is 0.938. The first kappa shape index (κ1) is 13.5. The number of hydrogen-bond acceptors (Lipinski definition) is 3. The van der Waals surface area contributed by atoms with Crippen LogP contribution >= 0.6 is 11.6 Å². The van der Waals surface area contributed by atoms with Gasteiger partial charge < -0.3 is 5.32 Å². The van der Waals surface area contributed by atoms with Crippen molar-refractivity contribution in [3.8, 4) is 0 Å². The van der Waals surface area contributed by atoms with Crippen LogP contribution in [0, 0.1) is 20.8 Å². The van der Waals surface area contributed by atoms with E-state index < -0.39 is 0 Å². The molecule has 2 aromatic rings. The highest BCUT2D eigenvalue weighted by molar-refractivity contribution is 6.31. The minimum absolute atomic E-state index is 0.120. The number of nitrogens with zero attached hydrogens (tertiary/aromatic N) is 3. The van der Waals surface area contributed by atoms with Gasteiger partial charge in [-0.05, 0) is 32.9 Å². The lowest BCUT2D eigenvalue weighted by molar-refractivity contribution is -0.117. The predicted octanol–water partition coefficient (Wildman–Crippen LogP) is 2.50. The van der Waals surface area contributed by atoms with Gasteiger partial charge in [0.15, 0.2) is 0 Å². The fraction of sp³-hybridized carbons (Fsp3) is 0.308. The van der Waals surface area contributed by atoms with E-state index in [-0.39, 0.29) is 12.5 Å². The Labute approximate surface area is 116 Å². The predicted molar refractivity (Wildman–Crippen MR) is 74.3 cm³/mol. The molecule has 0 aromatic carbocycles. The van der Waals surface area contributed by atoms with Gasteiger partial charge in [0.25, 0.3) is 0 Å². The van der Waals surface area contributed by atoms with Gasteiger partial charge in [0.2, 0.25) is 5.91 Å². The van der Waals surface area contributed by atoms with Crippen molar-refractivity contribution in [2.24, 2.45) is 0 Å². The minimum Gasteiger partial charge on any atom is -0.309 e. The summed E-state index contributed by atoms with van der Waals surface area (Å²) in [5, 5.41) is 7.54. The van der Waals surface area contributed by atoms with Crippen molar-refractivity contribution in [2.45, 2.75) is 27.3 Å². The van der Waals surface area contributed by atoms with Gasteiger partial charge in [-0.15, -0.1) is 0 Å². The van der Waals surface area contributed by atoms with E-state index in [2.05, 4.69) is 15.4 Å². The molecule has 2 heterocycles. The number of hydrogen-bond donors (Lipinski definition) is 1. The molecular weight excluding hydrogens is 264 g/mol. The topological polar surface area (TPSA) is 59.8 Å². The maximum Gasteiger partial charge on any atom is 0.247 e. The van der Waals surface area contributed by atoms with Crippen molar-refractivity contribution in [3.05, 3.63) is 40.3 Å². The first-order chi connectivity index (χ1) is 8.97. The van der Waals surface area contributed by atoms with Gasteiger partial charge in [0.05, 0.1) is 16.4 Å². The van der Waals surface area contributed by atoms with Crippen molar-refractivity contribution in [1.29, 1.82) is 0 Å². The first-order valence-electron chi connectivity index (χ1n) is 5.90. The Bertz CT molecular complexity index is 621. The third-order valence-corrected chi connectivity index (χ3v) is 3.29. The highest BCUT2D eigenvalue weighted by Crippen LogP contribution is 2.18. The summed E-state index contributed by atoms with van der Waals surface area (Å²) in [7, 11) is 0. The fourth-order valence-electron chi connectivity index (χ4n) is 1.76. The average Bonchev–Trinajstić information content (AvgIpc) is 2.57. The molecule has 2 aromatic heterocycles.